The number of esters is 1. The molecule has 0 bridgehead atoms. The predicted octanol–water partition coefficient (Wildman–Crippen LogP) is 28.1. The van der Waals surface area contributed by atoms with Gasteiger partial charge in [0.05, 0.1) is 39.1 Å². The van der Waals surface area contributed by atoms with E-state index in [9.17, 15) is 4.79 Å². The SMILES string of the molecule is CCCCCCCCCCCCCCCCOc1cc(COc2cc(OCc3cc(OCCCCCCCCCCCCCCCC)cc(OCCCCCCCCCCCCCCCC)c3)cc(C(=O)OC)c2)cc(OCCCCCCCCCCCCCCCC)c1. The molecular formula is C86H148O8. The maximum absolute atomic E-state index is 13.2. The highest BCUT2D eigenvalue weighted by Crippen LogP contribution is 2.31. The molecule has 3 rings (SSSR count). The van der Waals surface area contributed by atoms with Crippen LogP contribution < -0.4 is 28.4 Å². The molecule has 0 aliphatic heterocycles. The molecule has 0 atom stereocenters. The van der Waals surface area contributed by atoms with Gasteiger partial charge in [-0.1, -0.05) is 362 Å². The molecule has 0 spiro atoms. The van der Waals surface area contributed by atoms with E-state index in [4.69, 9.17) is 33.2 Å². The number of methoxy groups -OCH3 is 1. The minimum atomic E-state index is -0.452. The molecule has 8 heteroatoms. The fourth-order valence-electron chi connectivity index (χ4n) is 13.0. The maximum atomic E-state index is 13.2. The number of carbonyl (C=O) groups is 1. The fraction of sp³-hybridized carbons (Fsp3) is 0.779. The highest BCUT2D eigenvalue weighted by molar-refractivity contribution is 5.90. The van der Waals surface area contributed by atoms with E-state index in [1.54, 1.807) is 12.1 Å². The van der Waals surface area contributed by atoms with Gasteiger partial charge in [-0.05, 0) is 73.2 Å². The van der Waals surface area contributed by atoms with E-state index in [1.807, 2.05) is 18.2 Å². The van der Waals surface area contributed by atoms with Crippen LogP contribution in [0.1, 0.15) is 409 Å². The Morgan fingerprint density at radius 1 is 0.223 bits per heavy atom. The fourth-order valence-corrected chi connectivity index (χ4v) is 13.0. The number of ether oxygens (including phenoxy) is 7. The minimum Gasteiger partial charge on any atom is -0.493 e. The first-order valence-corrected chi connectivity index (χ1v) is 40.8. The Balaban J connectivity index is 1.61. The van der Waals surface area contributed by atoms with Gasteiger partial charge in [0, 0.05) is 18.2 Å². The van der Waals surface area contributed by atoms with E-state index in [1.165, 1.54) is 341 Å². The van der Waals surface area contributed by atoms with Gasteiger partial charge in [0.1, 0.15) is 47.7 Å². The molecule has 0 N–H and O–H groups in total. The summed E-state index contributed by atoms with van der Waals surface area (Å²) >= 11 is 0. The molecule has 0 unspecified atom stereocenters. The largest absolute Gasteiger partial charge is 0.493 e. The number of rotatable bonds is 71. The van der Waals surface area contributed by atoms with E-state index in [0.717, 1.165) is 59.8 Å². The summed E-state index contributed by atoms with van der Waals surface area (Å²) in [5.74, 6) is 3.77. The first-order chi connectivity index (χ1) is 46.5. The topological polar surface area (TPSA) is 81.7 Å². The van der Waals surface area contributed by atoms with E-state index in [2.05, 4.69) is 52.0 Å². The average molecular weight is 1310 g/mol. The van der Waals surface area contributed by atoms with Crippen molar-refractivity contribution in [3.8, 4) is 34.5 Å². The lowest BCUT2D eigenvalue weighted by Gasteiger charge is -2.15. The molecule has 3 aromatic carbocycles. The molecule has 8 nitrogen and oxygen atoms in total. The van der Waals surface area contributed by atoms with Crippen LogP contribution in [0.3, 0.4) is 0 Å². The number of carbonyl (C=O) groups excluding carboxylic acids is 1. The average Bonchev–Trinajstić information content (AvgIpc) is 1.35. The Morgan fingerprint density at radius 2 is 0.394 bits per heavy atom. The van der Waals surface area contributed by atoms with E-state index in [-0.39, 0.29) is 13.2 Å². The van der Waals surface area contributed by atoms with Crippen molar-refractivity contribution in [3.63, 3.8) is 0 Å². The second-order valence-electron chi connectivity index (χ2n) is 28.2. The Morgan fingerprint density at radius 3 is 0.574 bits per heavy atom. The van der Waals surface area contributed by atoms with Crippen LogP contribution in [-0.4, -0.2) is 39.5 Å². The first-order valence-electron chi connectivity index (χ1n) is 40.8. The molecule has 0 aliphatic carbocycles. The lowest BCUT2D eigenvalue weighted by molar-refractivity contribution is 0.0599. The molecule has 3 aromatic rings. The zero-order valence-electron chi connectivity index (χ0n) is 62.3. The van der Waals surface area contributed by atoms with Crippen molar-refractivity contribution in [2.75, 3.05) is 33.5 Å². The van der Waals surface area contributed by atoms with E-state index >= 15 is 0 Å². The van der Waals surface area contributed by atoms with Crippen molar-refractivity contribution in [3.05, 3.63) is 71.3 Å². The van der Waals surface area contributed by atoms with Gasteiger partial charge in [-0.3, -0.25) is 0 Å². The van der Waals surface area contributed by atoms with Crippen molar-refractivity contribution in [2.24, 2.45) is 0 Å². The summed E-state index contributed by atoms with van der Waals surface area (Å²) in [6.07, 6.45) is 74.4. The zero-order chi connectivity index (χ0) is 66.9. The molecule has 0 radical (unpaired) electrons. The Labute approximate surface area is 580 Å². The van der Waals surface area contributed by atoms with Crippen LogP contribution in [0.15, 0.2) is 54.6 Å². The summed E-state index contributed by atoms with van der Waals surface area (Å²) in [5, 5.41) is 0. The van der Waals surface area contributed by atoms with E-state index in [0.29, 0.717) is 43.5 Å². The smallest absolute Gasteiger partial charge is 0.338 e. The van der Waals surface area contributed by atoms with Gasteiger partial charge in [-0.25, -0.2) is 4.79 Å². The van der Waals surface area contributed by atoms with Crippen LogP contribution in [0.25, 0.3) is 0 Å². The van der Waals surface area contributed by atoms with Crippen molar-refractivity contribution >= 4 is 5.97 Å². The summed E-state index contributed by atoms with van der Waals surface area (Å²) in [6, 6.07) is 17.7. The molecule has 0 aliphatic rings. The monoisotopic (exact) mass is 1310 g/mol. The standard InChI is InChI=1S/C86H148O8/c1-6-10-14-18-22-26-30-34-38-42-46-50-54-58-62-89-80-66-77(67-81(72-80)90-63-59-55-51-47-43-39-35-31-27-23-19-15-11-7-2)75-93-84-70-79(86(87)88-5)71-85(74-84)94-76-78-68-82(91-64-60-56-52-48-44-40-36-32-28-24-20-16-12-8-3)73-83(69-78)92-65-61-57-53-49-45-41-37-33-29-25-21-17-13-9-4/h66-74H,6-65,75-76H2,1-5H3. The van der Waals surface area contributed by atoms with Crippen LogP contribution in [0.2, 0.25) is 0 Å². The van der Waals surface area contributed by atoms with Crippen molar-refractivity contribution in [1.82, 2.24) is 0 Å². The second kappa shape index (κ2) is 63.7. The molecule has 0 fully saturated rings. The van der Waals surface area contributed by atoms with Gasteiger partial charge in [-0.2, -0.15) is 0 Å². The molecule has 0 saturated heterocycles. The van der Waals surface area contributed by atoms with Crippen molar-refractivity contribution < 1.29 is 38.0 Å². The molecule has 540 valence electrons. The summed E-state index contributed by atoms with van der Waals surface area (Å²) in [6.45, 7) is 12.4. The van der Waals surface area contributed by atoms with Crippen LogP contribution in [0.5, 0.6) is 34.5 Å². The Hall–Kier alpha value is -4.07. The van der Waals surface area contributed by atoms with E-state index < -0.39 is 5.97 Å². The van der Waals surface area contributed by atoms with Crippen LogP contribution in [0.4, 0.5) is 0 Å². The Bertz CT molecular complexity index is 1900. The molecular weight excluding hydrogens is 1160 g/mol. The molecule has 0 saturated carbocycles. The third-order valence-electron chi connectivity index (χ3n) is 19.1. The van der Waals surface area contributed by atoms with Crippen LogP contribution >= 0.6 is 0 Å². The van der Waals surface area contributed by atoms with Gasteiger partial charge in [0.2, 0.25) is 0 Å². The molecule has 0 heterocycles. The highest BCUT2D eigenvalue weighted by atomic mass is 16.5. The predicted molar refractivity (Wildman–Crippen MR) is 403 cm³/mol. The van der Waals surface area contributed by atoms with Gasteiger partial charge in [0.15, 0.2) is 0 Å². The lowest BCUT2D eigenvalue weighted by Crippen LogP contribution is -2.06. The van der Waals surface area contributed by atoms with Crippen LogP contribution in [-0.2, 0) is 18.0 Å². The normalized spacial score (nSPS) is 11.4. The van der Waals surface area contributed by atoms with Gasteiger partial charge in [0.25, 0.3) is 0 Å². The Kier molecular flexibility index (Phi) is 57.0. The van der Waals surface area contributed by atoms with Crippen LogP contribution in [0, 0.1) is 0 Å². The number of hydrogen-bond donors (Lipinski definition) is 0. The molecule has 0 amide bonds. The van der Waals surface area contributed by atoms with Gasteiger partial charge in [-0.15, -0.1) is 0 Å². The summed E-state index contributed by atoms with van der Waals surface area (Å²) in [4.78, 5) is 13.2. The second-order valence-corrected chi connectivity index (χ2v) is 28.2. The highest BCUT2D eigenvalue weighted by Gasteiger charge is 2.14. The quantitative estimate of drug-likeness (QED) is 0.0408. The van der Waals surface area contributed by atoms with Gasteiger partial charge < -0.3 is 33.2 Å². The number of benzene rings is 3. The summed E-state index contributed by atoms with van der Waals surface area (Å²) in [5.41, 5.74) is 2.24. The number of hydrogen-bond acceptors (Lipinski definition) is 8. The summed E-state index contributed by atoms with van der Waals surface area (Å²) in [7, 11) is 1.41. The molecule has 0 aromatic heterocycles. The van der Waals surface area contributed by atoms with Crippen molar-refractivity contribution in [1.29, 1.82) is 0 Å². The maximum Gasteiger partial charge on any atom is 0.338 e. The van der Waals surface area contributed by atoms with Gasteiger partial charge >= 0.3 is 5.97 Å². The number of unbranched alkanes of at least 4 members (excludes halogenated alkanes) is 52. The lowest BCUT2D eigenvalue weighted by atomic mass is 10.0. The van der Waals surface area contributed by atoms with Crippen molar-refractivity contribution in [2.45, 2.75) is 400 Å². The first kappa shape index (κ1) is 84.2. The summed E-state index contributed by atoms with van der Waals surface area (Å²) < 4.78 is 44.1. The third kappa shape index (κ3) is 49.4. The molecule has 94 heavy (non-hydrogen) atoms. The minimum absolute atomic E-state index is 0.258. The zero-order valence-corrected chi connectivity index (χ0v) is 62.3. The third-order valence-corrected chi connectivity index (χ3v) is 19.1.